The Morgan fingerprint density at radius 2 is 2.05 bits per heavy atom. The van der Waals surface area contributed by atoms with E-state index in [1.165, 1.54) is 10.6 Å². The second kappa shape index (κ2) is 5.63. The standard InChI is InChI=1S/C15H19BrN2S/c1-10-7-11(5-6-13(10)16)17-8-12-9-19-14(18-12)15(2,3)4/h5-7,9,17H,8H2,1-4H3. The molecule has 0 aliphatic carbocycles. The van der Waals surface area contributed by atoms with E-state index < -0.39 is 0 Å². The largest absolute Gasteiger partial charge is 0.379 e. The summed E-state index contributed by atoms with van der Waals surface area (Å²) in [5.41, 5.74) is 3.61. The molecule has 2 rings (SSSR count). The molecular formula is C15H19BrN2S. The second-order valence-corrected chi connectivity index (χ2v) is 7.42. The fourth-order valence-electron chi connectivity index (χ4n) is 1.68. The third-order valence-electron chi connectivity index (χ3n) is 2.82. The highest BCUT2D eigenvalue weighted by Crippen LogP contribution is 2.26. The van der Waals surface area contributed by atoms with Gasteiger partial charge in [-0.3, -0.25) is 0 Å². The van der Waals surface area contributed by atoms with Gasteiger partial charge in [0.25, 0.3) is 0 Å². The summed E-state index contributed by atoms with van der Waals surface area (Å²) in [5.74, 6) is 0. The van der Waals surface area contributed by atoms with E-state index in [0.717, 1.165) is 22.4 Å². The maximum Gasteiger partial charge on any atom is 0.0982 e. The van der Waals surface area contributed by atoms with Gasteiger partial charge in [-0.25, -0.2) is 4.98 Å². The van der Waals surface area contributed by atoms with E-state index in [0.29, 0.717) is 0 Å². The van der Waals surface area contributed by atoms with Crippen molar-refractivity contribution in [3.05, 3.63) is 44.3 Å². The molecule has 1 aromatic carbocycles. The van der Waals surface area contributed by atoms with Crippen LogP contribution in [0.3, 0.4) is 0 Å². The molecule has 2 aromatic rings. The summed E-state index contributed by atoms with van der Waals surface area (Å²) in [5, 5.41) is 6.75. The normalized spacial score (nSPS) is 11.6. The first-order chi connectivity index (χ1) is 8.86. The highest BCUT2D eigenvalue weighted by molar-refractivity contribution is 9.10. The number of aryl methyl sites for hydroxylation is 1. The number of thiazole rings is 1. The number of nitrogens with zero attached hydrogens (tertiary/aromatic N) is 1. The first-order valence-electron chi connectivity index (χ1n) is 6.31. The van der Waals surface area contributed by atoms with Crippen LogP contribution in [-0.2, 0) is 12.0 Å². The number of aromatic nitrogens is 1. The van der Waals surface area contributed by atoms with E-state index >= 15 is 0 Å². The number of hydrogen-bond acceptors (Lipinski definition) is 3. The van der Waals surface area contributed by atoms with Crippen molar-refractivity contribution in [2.45, 2.75) is 39.7 Å². The van der Waals surface area contributed by atoms with Crippen molar-refractivity contribution >= 4 is 33.0 Å². The molecule has 0 fully saturated rings. The number of halogens is 1. The molecule has 102 valence electrons. The van der Waals surface area contributed by atoms with Gasteiger partial charge in [0, 0.05) is 21.0 Å². The number of hydrogen-bond donors (Lipinski definition) is 1. The third-order valence-corrected chi connectivity index (χ3v) is 5.03. The van der Waals surface area contributed by atoms with Crippen molar-refractivity contribution in [1.82, 2.24) is 4.98 Å². The van der Waals surface area contributed by atoms with Crippen LogP contribution >= 0.6 is 27.3 Å². The van der Waals surface area contributed by atoms with Crippen molar-refractivity contribution in [3.8, 4) is 0 Å². The quantitative estimate of drug-likeness (QED) is 0.839. The first kappa shape index (κ1) is 14.5. The van der Waals surface area contributed by atoms with E-state index in [9.17, 15) is 0 Å². The number of anilines is 1. The summed E-state index contributed by atoms with van der Waals surface area (Å²) in [6.07, 6.45) is 0. The summed E-state index contributed by atoms with van der Waals surface area (Å²) in [6, 6.07) is 6.29. The minimum atomic E-state index is 0.136. The van der Waals surface area contributed by atoms with Crippen LogP contribution in [0.2, 0.25) is 0 Å². The molecule has 0 aliphatic rings. The van der Waals surface area contributed by atoms with Gasteiger partial charge in [0.05, 0.1) is 17.2 Å². The van der Waals surface area contributed by atoms with Crippen LogP contribution in [0.25, 0.3) is 0 Å². The van der Waals surface area contributed by atoms with Crippen molar-refractivity contribution in [3.63, 3.8) is 0 Å². The smallest absolute Gasteiger partial charge is 0.0982 e. The minimum absolute atomic E-state index is 0.136. The molecule has 0 aliphatic heterocycles. The van der Waals surface area contributed by atoms with Gasteiger partial charge in [0.1, 0.15) is 0 Å². The fourth-order valence-corrected chi connectivity index (χ4v) is 2.83. The minimum Gasteiger partial charge on any atom is -0.379 e. The molecule has 1 aromatic heterocycles. The van der Waals surface area contributed by atoms with Crippen LogP contribution in [0, 0.1) is 6.92 Å². The lowest BCUT2D eigenvalue weighted by Gasteiger charge is -2.13. The summed E-state index contributed by atoms with van der Waals surface area (Å²) < 4.78 is 1.14. The molecular weight excluding hydrogens is 320 g/mol. The number of benzene rings is 1. The molecule has 1 N–H and O–H groups in total. The zero-order valence-electron chi connectivity index (χ0n) is 11.7. The Morgan fingerprint density at radius 1 is 1.32 bits per heavy atom. The molecule has 0 amide bonds. The van der Waals surface area contributed by atoms with Crippen LogP contribution < -0.4 is 5.32 Å². The molecule has 2 nitrogen and oxygen atoms in total. The van der Waals surface area contributed by atoms with Crippen molar-refractivity contribution < 1.29 is 0 Å². The lowest BCUT2D eigenvalue weighted by Crippen LogP contribution is -2.11. The molecule has 1 heterocycles. The SMILES string of the molecule is Cc1cc(NCc2csc(C(C)(C)C)n2)ccc1Br. The predicted molar refractivity (Wildman–Crippen MR) is 87.0 cm³/mol. The van der Waals surface area contributed by atoms with Crippen LogP contribution in [0.1, 0.15) is 37.0 Å². The zero-order chi connectivity index (χ0) is 14.0. The summed E-state index contributed by atoms with van der Waals surface area (Å²) >= 11 is 5.25. The van der Waals surface area contributed by atoms with Crippen LogP contribution in [0.15, 0.2) is 28.1 Å². The fraction of sp³-hybridized carbons (Fsp3) is 0.400. The number of rotatable bonds is 3. The Hall–Kier alpha value is -0.870. The van der Waals surface area contributed by atoms with Gasteiger partial charge in [-0.15, -0.1) is 11.3 Å². The maximum absolute atomic E-state index is 4.68. The van der Waals surface area contributed by atoms with Crippen molar-refractivity contribution in [1.29, 1.82) is 0 Å². The van der Waals surface area contributed by atoms with E-state index in [1.54, 1.807) is 11.3 Å². The average Bonchev–Trinajstić information content (AvgIpc) is 2.79. The van der Waals surface area contributed by atoms with E-state index in [-0.39, 0.29) is 5.41 Å². The van der Waals surface area contributed by atoms with Crippen LogP contribution in [-0.4, -0.2) is 4.98 Å². The van der Waals surface area contributed by atoms with Gasteiger partial charge in [-0.05, 0) is 30.7 Å². The molecule has 0 atom stereocenters. The lowest BCUT2D eigenvalue weighted by atomic mass is 9.98. The Labute approximate surface area is 127 Å². The van der Waals surface area contributed by atoms with Crippen LogP contribution in [0.4, 0.5) is 5.69 Å². The molecule has 0 radical (unpaired) electrons. The van der Waals surface area contributed by atoms with Gasteiger partial charge in [0.2, 0.25) is 0 Å². The Kier molecular flexibility index (Phi) is 4.31. The van der Waals surface area contributed by atoms with Gasteiger partial charge in [-0.2, -0.15) is 0 Å². The molecule has 0 spiro atoms. The second-order valence-electron chi connectivity index (χ2n) is 5.71. The average molecular weight is 339 g/mol. The maximum atomic E-state index is 4.68. The highest BCUT2D eigenvalue weighted by atomic mass is 79.9. The molecule has 0 saturated heterocycles. The van der Waals surface area contributed by atoms with Gasteiger partial charge >= 0.3 is 0 Å². The highest BCUT2D eigenvalue weighted by Gasteiger charge is 2.17. The number of nitrogens with one attached hydrogen (secondary N) is 1. The Morgan fingerprint density at radius 3 is 2.63 bits per heavy atom. The lowest BCUT2D eigenvalue weighted by molar-refractivity contribution is 0.583. The first-order valence-corrected chi connectivity index (χ1v) is 7.98. The topological polar surface area (TPSA) is 24.9 Å². The van der Waals surface area contributed by atoms with E-state index in [1.807, 2.05) is 0 Å². The summed E-state index contributed by atoms with van der Waals surface area (Å²) in [6.45, 7) is 9.45. The predicted octanol–water partition coefficient (Wildman–Crippen LogP) is 5.12. The van der Waals surface area contributed by atoms with Gasteiger partial charge < -0.3 is 5.32 Å². The van der Waals surface area contributed by atoms with E-state index in [2.05, 4.69) is 77.5 Å². The molecule has 4 heteroatoms. The van der Waals surface area contributed by atoms with E-state index in [4.69, 9.17) is 0 Å². The Bertz CT molecular complexity index is 570. The van der Waals surface area contributed by atoms with Crippen molar-refractivity contribution in [2.24, 2.45) is 0 Å². The molecule has 0 bridgehead atoms. The molecule has 0 saturated carbocycles. The Balaban J connectivity index is 2.02. The third kappa shape index (κ3) is 3.80. The zero-order valence-corrected chi connectivity index (χ0v) is 14.2. The van der Waals surface area contributed by atoms with Crippen LogP contribution in [0.5, 0.6) is 0 Å². The molecule has 0 unspecified atom stereocenters. The summed E-state index contributed by atoms with van der Waals surface area (Å²) in [7, 11) is 0. The summed E-state index contributed by atoms with van der Waals surface area (Å²) in [4.78, 5) is 4.68. The van der Waals surface area contributed by atoms with Gasteiger partial charge in [0.15, 0.2) is 0 Å². The molecule has 19 heavy (non-hydrogen) atoms. The monoisotopic (exact) mass is 338 g/mol. The van der Waals surface area contributed by atoms with Gasteiger partial charge in [-0.1, -0.05) is 36.7 Å². The van der Waals surface area contributed by atoms with Crippen molar-refractivity contribution in [2.75, 3.05) is 5.32 Å².